The summed E-state index contributed by atoms with van der Waals surface area (Å²) >= 11 is 0. The Morgan fingerprint density at radius 2 is 1.06 bits per heavy atom. The van der Waals surface area contributed by atoms with Crippen LogP contribution in [0.4, 0.5) is 0 Å². The molecule has 0 amide bonds. The summed E-state index contributed by atoms with van der Waals surface area (Å²) < 4.78 is 4.67. The number of aromatic nitrogens is 5. The number of fused-ring (bicyclic) bond motifs is 6. The van der Waals surface area contributed by atoms with E-state index in [0.717, 1.165) is 67.3 Å². The smallest absolute Gasteiger partial charge is 0.163 e. The number of nitrogens with one attached hydrogen (secondary N) is 1. The summed E-state index contributed by atoms with van der Waals surface area (Å²) in [6, 6.07) is 75.8. The fourth-order valence-electron chi connectivity index (χ4n) is 10.6. The van der Waals surface area contributed by atoms with E-state index in [1.54, 1.807) is 0 Å². The van der Waals surface area contributed by atoms with Crippen molar-refractivity contribution in [3.63, 3.8) is 0 Å². The average Bonchev–Trinajstić information content (AvgIpc) is 3.95. The van der Waals surface area contributed by atoms with Gasteiger partial charge in [0, 0.05) is 50.5 Å². The number of aryl methyl sites for hydroxylation is 1. The number of allylic oxidation sites excluding steroid dienone is 3. The van der Waals surface area contributed by atoms with E-state index in [-0.39, 0.29) is 5.92 Å². The van der Waals surface area contributed by atoms with Crippen molar-refractivity contribution >= 4 is 43.6 Å². The highest BCUT2D eigenvalue weighted by Gasteiger charge is 2.29. The highest BCUT2D eigenvalue weighted by Crippen LogP contribution is 2.45. The van der Waals surface area contributed by atoms with Crippen molar-refractivity contribution in [2.45, 2.75) is 33.1 Å². The second kappa shape index (κ2) is 19.0. The van der Waals surface area contributed by atoms with Gasteiger partial charge in [-0.3, -0.25) is 4.68 Å². The van der Waals surface area contributed by atoms with Crippen molar-refractivity contribution in [3.05, 3.63) is 254 Å². The van der Waals surface area contributed by atoms with E-state index in [1.165, 1.54) is 44.1 Å². The molecule has 0 aliphatic carbocycles. The zero-order valence-corrected chi connectivity index (χ0v) is 40.5. The van der Waals surface area contributed by atoms with E-state index < -0.39 is 0 Å². The van der Waals surface area contributed by atoms with Crippen LogP contribution in [-0.2, 0) is 0 Å². The van der Waals surface area contributed by atoms with Crippen molar-refractivity contribution in [1.82, 2.24) is 24.2 Å². The lowest BCUT2D eigenvalue weighted by Gasteiger charge is -2.23. The third kappa shape index (κ3) is 7.93. The Bertz CT molecular complexity index is 3970. The normalized spacial score (nSPS) is 12.3. The molecule has 0 fully saturated rings. The van der Waals surface area contributed by atoms with Gasteiger partial charge in [-0.1, -0.05) is 189 Å². The lowest BCUT2D eigenvalue weighted by molar-refractivity contribution is 0.715. The Morgan fingerprint density at radius 1 is 0.472 bits per heavy atom. The molecule has 6 heteroatoms. The predicted molar refractivity (Wildman–Crippen MR) is 301 cm³/mol. The van der Waals surface area contributed by atoms with Crippen LogP contribution in [0.3, 0.4) is 0 Å². The fourth-order valence-corrected chi connectivity index (χ4v) is 10.6. The van der Waals surface area contributed by atoms with Gasteiger partial charge in [-0.25, -0.2) is 15.0 Å². The first-order valence-electron chi connectivity index (χ1n) is 24.8. The van der Waals surface area contributed by atoms with Crippen LogP contribution < -0.4 is 5.43 Å². The molecule has 0 aliphatic heterocycles. The van der Waals surface area contributed by atoms with Crippen molar-refractivity contribution in [1.29, 1.82) is 0 Å². The summed E-state index contributed by atoms with van der Waals surface area (Å²) in [5, 5.41) is 4.74. The molecular formula is C66H52N6. The minimum absolute atomic E-state index is 0.251. The molecule has 0 spiro atoms. The molecule has 3 heterocycles. The molecule has 0 saturated carbocycles. The largest absolute Gasteiger partial charge is 0.309 e. The van der Waals surface area contributed by atoms with Crippen LogP contribution in [0.15, 0.2) is 237 Å². The van der Waals surface area contributed by atoms with E-state index in [0.29, 0.717) is 17.5 Å². The van der Waals surface area contributed by atoms with Crippen LogP contribution in [0.1, 0.15) is 43.1 Å². The van der Waals surface area contributed by atoms with Gasteiger partial charge in [0.1, 0.15) is 5.82 Å². The second-order valence-corrected chi connectivity index (χ2v) is 18.4. The third-order valence-corrected chi connectivity index (χ3v) is 14.0. The molecule has 0 aliphatic rings. The molecule has 346 valence electrons. The molecule has 12 rings (SSSR count). The molecule has 0 bridgehead atoms. The van der Waals surface area contributed by atoms with Gasteiger partial charge in [0.25, 0.3) is 0 Å². The fraction of sp³-hybridized carbons (Fsp3) is 0.0758. The zero-order chi connectivity index (χ0) is 48.5. The Balaban J connectivity index is 1.10. The number of hydrogen-bond donors (Lipinski definition) is 1. The van der Waals surface area contributed by atoms with E-state index in [9.17, 15) is 0 Å². The quantitative estimate of drug-likeness (QED) is 0.124. The monoisotopic (exact) mass is 928 g/mol. The van der Waals surface area contributed by atoms with Gasteiger partial charge >= 0.3 is 0 Å². The summed E-state index contributed by atoms with van der Waals surface area (Å²) in [7, 11) is 0. The molecule has 0 radical (unpaired) electrons. The Kier molecular flexibility index (Phi) is 11.6. The van der Waals surface area contributed by atoms with Gasteiger partial charge in [0.15, 0.2) is 11.6 Å². The Morgan fingerprint density at radius 3 is 1.74 bits per heavy atom. The number of hydrogen-bond acceptors (Lipinski definition) is 4. The van der Waals surface area contributed by atoms with Crippen LogP contribution in [0.2, 0.25) is 0 Å². The summed E-state index contributed by atoms with van der Waals surface area (Å²) in [6.07, 6.45) is 8.87. The molecule has 3 aromatic heterocycles. The molecule has 72 heavy (non-hydrogen) atoms. The van der Waals surface area contributed by atoms with Crippen LogP contribution in [0.5, 0.6) is 0 Å². The van der Waals surface area contributed by atoms with Gasteiger partial charge in [0.2, 0.25) is 0 Å². The SMILES string of the molecule is C/C=C\C=C/Nn1c2ccc(-n3c4ccccc4c4ccccc43)cc2c2ccc(-c3ccccc3C)c(C(CC)c3nc(-c4ccccc4)nc(-c4cccc(-c5cccc(-c6ccccc6)c5)c4)n3)c21. The first-order valence-corrected chi connectivity index (χ1v) is 24.8. The number of nitrogens with zero attached hydrogens (tertiary/aromatic N) is 5. The van der Waals surface area contributed by atoms with E-state index in [1.807, 2.05) is 49.6 Å². The summed E-state index contributed by atoms with van der Waals surface area (Å²) in [5.41, 5.74) is 20.4. The number of benzene rings is 9. The molecular weight excluding hydrogens is 877 g/mol. The van der Waals surface area contributed by atoms with Gasteiger partial charge in [-0.05, 0) is 113 Å². The van der Waals surface area contributed by atoms with Crippen molar-refractivity contribution in [2.75, 3.05) is 5.43 Å². The molecule has 0 saturated heterocycles. The van der Waals surface area contributed by atoms with Crippen molar-refractivity contribution in [3.8, 4) is 61.8 Å². The first kappa shape index (κ1) is 44.1. The van der Waals surface area contributed by atoms with Gasteiger partial charge in [0.05, 0.1) is 22.1 Å². The molecule has 9 aromatic carbocycles. The lowest BCUT2D eigenvalue weighted by Crippen LogP contribution is -2.14. The average molecular weight is 929 g/mol. The van der Waals surface area contributed by atoms with Crippen molar-refractivity contribution in [2.24, 2.45) is 0 Å². The summed E-state index contributed by atoms with van der Waals surface area (Å²) in [6.45, 7) is 6.49. The van der Waals surface area contributed by atoms with Gasteiger partial charge < -0.3 is 9.99 Å². The highest BCUT2D eigenvalue weighted by molar-refractivity contribution is 6.13. The number of rotatable bonds is 12. The Labute approximate surface area is 419 Å². The number of para-hydroxylation sites is 2. The van der Waals surface area contributed by atoms with Crippen molar-refractivity contribution < 1.29 is 0 Å². The maximum absolute atomic E-state index is 5.54. The second-order valence-electron chi connectivity index (χ2n) is 18.4. The predicted octanol–water partition coefficient (Wildman–Crippen LogP) is 16.9. The summed E-state index contributed by atoms with van der Waals surface area (Å²) in [5.74, 6) is 1.73. The molecule has 1 unspecified atom stereocenters. The molecule has 6 nitrogen and oxygen atoms in total. The van der Waals surface area contributed by atoms with Crippen LogP contribution in [-0.4, -0.2) is 24.2 Å². The van der Waals surface area contributed by atoms with Crippen LogP contribution in [0, 0.1) is 6.92 Å². The molecule has 1 atom stereocenters. The topological polar surface area (TPSA) is 60.6 Å². The van der Waals surface area contributed by atoms with Gasteiger partial charge in [-0.2, -0.15) is 0 Å². The lowest BCUT2D eigenvalue weighted by atomic mass is 9.85. The highest BCUT2D eigenvalue weighted by atomic mass is 15.4. The minimum atomic E-state index is -0.251. The molecule has 12 aromatic rings. The standard InChI is InChI=1S/C66H52N6/c1-4-6-19-40-67-72-61-39-36-51(71-59-34-17-15-32-54(59)55-33-16-18-35-60(55)71)43-58(61)57-38-37-56(53-31-14-13-22-44(53)3)62(63(57)72)52(5-2)66-69-64(46-25-11-8-12-26-46)68-65(70-66)50-30-21-29-49(42-50)48-28-20-27-47(41-48)45-23-9-7-10-24-45/h4,6-43,52,67H,5H2,1-3H3/b6-4-,40-19-. The maximum atomic E-state index is 5.54. The zero-order valence-electron chi connectivity index (χ0n) is 40.5. The van der Waals surface area contributed by atoms with Gasteiger partial charge in [-0.15, -0.1) is 0 Å². The van der Waals surface area contributed by atoms with E-state index >= 15 is 0 Å². The Hall–Kier alpha value is -9.13. The third-order valence-electron chi connectivity index (χ3n) is 14.0. The first-order chi connectivity index (χ1) is 35.6. The minimum Gasteiger partial charge on any atom is -0.309 e. The maximum Gasteiger partial charge on any atom is 0.163 e. The summed E-state index contributed by atoms with van der Waals surface area (Å²) in [4.78, 5) is 16.3. The van der Waals surface area contributed by atoms with E-state index in [2.05, 4.69) is 223 Å². The van der Waals surface area contributed by atoms with Crippen LogP contribution in [0.25, 0.3) is 105 Å². The molecule has 1 N–H and O–H groups in total. The van der Waals surface area contributed by atoms with Crippen LogP contribution >= 0.6 is 0 Å². The van der Waals surface area contributed by atoms with E-state index in [4.69, 9.17) is 15.0 Å².